The molecular formula is C10H19N3. The van der Waals surface area contributed by atoms with Gasteiger partial charge in [0, 0.05) is 31.5 Å². The van der Waals surface area contributed by atoms with Crippen LogP contribution in [0.5, 0.6) is 0 Å². The number of aromatic nitrogens is 1. The number of aromatic amines is 1. The first-order valence-corrected chi connectivity index (χ1v) is 4.59. The van der Waals surface area contributed by atoms with Crippen molar-refractivity contribution in [1.29, 1.82) is 0 Å². The van der Waals surface area contributed by atoms with E-state index in [-0.39, 0.29) is 5.54 Å². The van der Waals surface area contributed by atoms with Gasteiger partial charge in [0.25, 0.3) is 0 Å². The van der Waals surface area contributed by atoms with E-state index in [1.165, 1.54) is 5.69 Å². The van der Waals surface area contributed by atoms with E-state index >= 15 is 0 Å². The van der Waals surface area contributed by atoms with E-state index in [2.05, 4.69) is 42.2 Å². The molecule has 1 rings (SSSR count). The summed E-state index contributed by atoms with van der Waals surface area (Å²) in [6.07, 6.45) is 3.96. The summed E-state index contributed by atoms with van der Waals surface area (Å²) in [4.78, 5) is 5.33. The van der Waals surface area contributed by atoms with E-state index in [9.17, 15) is 0 Å². The molecule has 0 fully saturated rings. The molecule has 0 atom stereocenters. The quantitative estimate of drug-likeness (QED) is 0.736. The molecule has 0 unspecified atom stereocenters. The zero-order chi connectivity index (χ0) is 9.90. The van der Waals surface area contributed by atoms with Crippen LogP contribution in [0.2, 0.25) is 0 Å². The molecule has 0 aliphatic heterocycles. The molecule has 0 spiro atoms. The average molecular weight is 181 g/mol. The van der Waals surface area contributed by atoms with Gasteiger partial charge in [0.2, 0.25) is 0 Å². The molecule has 1 heterocycles. The molecule has 2 N–H and O–H groups in total. The van der Waals surface area contributed by atoms with Gasteiger partial charge in [0.15, 0.2) is 0 Å². The highest BCUT2D eigenvalue weighted by Crippen LogP contribution is 2.20. The maximum atomic E-state index is 3.20. The van der Waals surface area contributed by atoms with E-state index in [0.717, 1.165) is 6.54 Å². The maximum absolute atomic E-state index is 3.20. The lowest BCUT2D eigenvalue weighted by atomic mass is 10.0. The second-order valence-corrected chi connectivity index (χ2v) is 3.97. The number of nitrogens with one attached hydrogen (secondary N) is 2. The van der Waals surface area contributed by atoms with Crippen LogP contribution in [0.3, 0.4) is 0 Å². The SMILES string of the molecule is CNCC(C)(C)N(C)c1cc[nH]c1. The van der Waals surface area contributed by atoms with Crippen molar-refractivity contribution in [1.82, 2.24) is 10.3 Å². The van der Waals surface area contributed by atoms with E-state index in [4.69, 9.17) is 0 Å². The van der Waals surface area contributed by atoms with Crippen molar-refractivity contribution in [3.05, 3.63) is 18.5 Å². The van der Waals surface area contributed by atoms with Gasteiger partial charge in [-0.2, -0.15) is 0 Å². The largest absolute Gasteiger partial charge is 0.367 e. The van der Waals surface area contributed by atoms with E-state index in [1.807, 2.05) is 19.4 Å². The van der Waals surface area contributed by atoms with Gasteiger partial charge in [-0.05, 0) is 27.0 Å². The normalized spacial score (nSPS) is 11.7. The number of H-pyrrole nitrogens is 1. The van der Waals surface area contributed by atoms with Gasteiger partial charge >= 0.3 is 0 Å². The Morgan fingerprint density at radius 3 is 2.69 bits per heavy atom. The van der Waals surface area contributed by atoms with Gasteiger partial charge in [-0.15, -0.1) is 0 Å². The lowest BCUT2D eigenvalue weighted by Crippen LogP contribution is -2.48. The summed E-state index contributed by atoms with van der Waals surface area (Å²) in [5, 5.41) is 3.20. The molecule has 0 aromatic carbocycles. The van der Waals surface area contributed by atoms with Gasteiger partial charge < -0.3 is 15.2 Å². The van der Waals surface area contributed by atoms with Crippen molar-refractivity contribution in [3.8, 4) is 0 Å². The molecular weight excluding hydrogens is 162 g/mol. The fourth-order valence-electron chi connectivity index (χ4n) is 1.42. The van der Waals surface area contributed by atoms with E-state index in [1.54, 1.807) is 0 Å². The molecule has 0 amide bonds. The fourth-order valence-corrected chi connectivity index (χ4v) is 1.42. The molecule has 3 nitrogen and oxygen atoms in total. The minimum Gasteiger partial charge on any atom is -0.367 e. The first-order valence-electron chi connectivity index (χ1n) is 4.59. The molecule has 74 valence electrons. The van der Waals surface area contributed by atoms with E-state index < -0.39 is 0 Å². The maximum Gasteiger partial charge on any atom is 0.0546 e. The summed E-state index contributed by atoms with van der Waals surface area (Å²) in [5.74, 6) is 0. The highest BCUT2D eigenvalue weighted by Gasteiger charge is 2.22. The number of rotatable bonds is 4. The van der Waals surface area contributed by atoms with Gasteiger partial charge in [-0.25, -0.2) is 0 Å². The predicted octanol–water partition coefficient (Wildman–Crippen LogP) is 1.45. The van der Waals surface area contributed by atoms with Crippen molar-refractivity contribution in [2.45, 2.75) is 19.4 Å². The number of hydrogen-bond donors (Lipinski definition) is 2. The molecule has 1 aromatic rings. The second-order valence-electron chi connectivity index (χ2n) is 3.97. The molecule has 0 radical (unpaired) electrons. The third-order valence-electron chi connectivity index (χ3n) is 2.49. The molecule has 3 heteroatoms. The Hall–Kier alpha value is -0.960. The van der Waals surface area contributed by atoms with Crippen LogP contribution in [-0.4, -0.2) is 31.2 Å². The molecule has 0 saturated heterocycles. The summed E-state index contributed by atoms with van der Waals surface area (Å²) in [7, 11) is 4.09. The van der Waals surface area contributed by atoms with Gasteiger partial charge in [0.1, 0.15) is 0 Å². The van der Waals surface area contributed by atoms with Crippen molar-refractivity contribution < 1.29 is 0 Å². The highest BCUT2D eigenvalue weighted by molar-refractivity contribution is 5.46. The highest BCUT2D eigenvalue weighted by atomic mass is 15.2. The Morgan fingerprint density at radius 1 is 1.54 bits per heavy atom. The van der Waals surface area contributed by atoms with Crippen molar-refractivity contribution in [2.24, 2.45) is 0 Å². The van der Waals surface area contributed by atoms with Crippen LogP contribution in [0.4, 0.5) is 5.69 Å². The van der Waals surface area contributed by atoms with Crippen LogP contribution in [0, 0.1) is 0 Å². The van der Waals surface area contributed by atoms with Gasteiger partial charge in [-0.1, -0.05) is 0 Å². The Morgan fingerprint density at radius 2 is 2.23 bits per heavy atom. The Labute approximate surface area is 80.1 Å². The monoisotopic (exact) mass is 181 g/mol. The van der Waals surface area contributed by atoms with Crippen LogP contribution in [0.25, 0.3) is 0 Å². The van der Waals surface area contributed by atoms with Crippen molar-refractivity contribution in [3.63, 3.8) is 0 Å². The van der Waals surface area contributed by atoms with E-state index in [0.29, 0.717) is 0 Å². The first kappa shape index (κ1) is 10.1. The molecule has 1 aromatic heterocycles. The first-order chi connectivity index (χ1) is 6.08. The van der Waals surface area contributed by atoms with Crippen molar-refractivity contribution >= 4 is 5.69 Å². The van der Waals surface area contributed by atoms with Crippen LogP contribution in [0.15, 0.2) is 18.5 Å². The third kappa shape index (κ3) is 2.25. The molecule has 13 heavy (non-hydrogen) atoms. The Balaban J connectivity index is 2.71. The van der Waals surface area contributed by atoms with Crippen LogP contribution in [0.1, 0.15) is 13.8 Å². The van der Waals surface area contributed by atoms with Crippen LogP contribution >= 0.6 is 0 Å². The number of likely N-dealkylation sites (N-methyl/N-ethyl adjacent to an activating group) is 2. The minimum absolute atomic E-state index is 0.136. The lowest BCUT2D eigenvalue weighted by Gasteiger charge is -2.36. The third-order valence-corrected chi connectivity index (χ3v) is 2.49. The summed E-state index contributed by atoms with van der Waals surface area (Å²) >= 11 is 0. The number of hydrogen-bond acceptors (Lipinski definition) is 2. The molecule has 0 aliphatic rings. The summed E-state index contributed by atoms with van der Waals surface area (Å²) in [6.45, 7) is 5.40. The Bertz CT molecular complexity index is 239. The molecule has 0 aliphatic carbocycles. The smallest absolute Gasteiger partial charge is 0.0546 e. The number of nitrogens with zero attached hydrogens (tertiary/aromatic N) is 1. The standard InChI is InChI=1S/C10H19N3/c1-10(2,8-11-3)13(4)9-5-6-12-7-9/h5-7,11-12H,8H2,1-4H3. The zero-order valence-electron chi connectivity index (χ0n) is 8.89. The van der Waals surface area contributed by atoms with Crippen molar-refractivity contribution in [2.75, 3.05) is 25.5 Å². The molecule has 0 saturated carbocycles. The van der Waals surface area contributed by atoms with Gasteiger partial charge in [0.05, 0.1) is 5.69 Å². The fraction of sp³-hybridized carbons (Fsp3) is 0.600. The summed E-state index contributed by atoms with van der Waals surface area (Å²) < 4.78 is 0. The topological polar surface area (TPSA) is 31.1 Å². The van der Waals surface area contributed by atoms with Crippen LogP contribution < -0.4 is 10.2 Å². The lowest BCUT2D eigenvalue weighted by molar-refractivity contribution is 0.463. The Kier molecular flexibility index (Phi) is 2.98. The average Bonchev–Trinajstić information content (AvgIpc) is 2.54. The zero-order valence-corrected chi connectivity index (χ0v) is 8.89. The summed E-state index contributed by atoms with van der Waals surface area (Å²) in [6, 6.07) is 2.08. The van der Waals surface area contributed by atoms with Crippen LogP contribution in [-0.2, 0) is 0 Å². The summed E-state index contributed by atoms with van der Waals surface area (Å²) in [5.41, 5.74) is 1.36. The van der Waals surface area contributed by atoms with Gasteiger partial charge in [-0.3, -0.25) is 0 Å². The predicted molar refractivity (Wildman–Crippen MR) is 57.2 cm³/mol. The number of anilines is 1. The second kappa shape index (κ2) is 3.83. The molecule has 0 bridgehead atoms. The minimum atomic E-state index is 0.136.